The van der Waals surface area contributed by atoms with Gasteiger partial charge in [0.05, 0.1) is 25.2 Å². The summed E-state index contributed by atoms with van der Waals surface area (Å²) in [7, 11) is 1.98. The summed E-state index contributed by atoms with van der Waals surface area (Å²) in [6, 6.07) is 8.12. The van der Waals surface area contributed by atoms with Gasteiger partial charge in [-0.15, -0.1) is 0 Å². The molecule has 3 N–H and O–H groups in total. The summed E-state index contributed by atoms with van der Waals surface area (Å²) in [5.74, 6) is 1.95. The Kier molecular flexibility index (Phi) is 7.81. The van der Waals surface area contributed by atoms with E-state index in [0.29, 0.717) is 43.1 Å². The zero-order valence-corrected chi connectivity index (χ0v) is 22.3. The molecule has 4 heterocycles. The van der Waals surface area contributed by atoms with Gasteiger partial charge in [-0.1, -0.05) is 0 Å². The molecule has 11 nitrogen and oxygen atoms in total. The summed E-state index contributed by atoms with van der Waals surface area (Å²) < 4.78 is 13.9. The summed E-state index contributed by atoms with van der Waals surface area (Å²) in [4.78, 5) is 27.9. The van der Waals surface area contributed by atoms with E-state index in [2.05, 4.69) is 31.2 Å². The number of hydrogen-bond donors (Lipinski definition) is 2. The minimum atomic E-state index is -0.264. The highest BCUT2D eigenvalue weighted by Crippen LogP contribution is 2.38. The number of nitrogen functional groups attached to an aromatic ring is 1. The lowest BCUT2D eigenvalue weighted by atomic mass is 9.98. The number of nitriles is 1. The Balaban J connectivity index is 1.20. The highest BCUT2D eigenvalue weighted by Gasteiger charge is 2.38. The molecule has 0 radical (unpaired) electrons. The highest BCUT2D eigenvalue weighted by molar-refractivity contribution is 5.93. The van der Waals surface area contributed by atoms with Gasteiger partial charge in [0.15, 0.2) is 11.6 Å². The van der Waals surface area contributed by atoms with Crippen LogP contribution >= 0.6 is 0 Å². The molecule has 0 bridgehead atoms. The number of aromatic nitrogens is 4. The molecule has 0 aromatic carbocycles. The molecule has 204 valence electrons. The van der Waals surface area contributed by atoms with Crippen molar-refractivity contribution in [3.05, 3.63) is 42.5 Å². The zero-order valence-electron chi connectivity index (χ0n) is 22.3. The van der Waals surface area contributed by atoms with Gasteiger partial charge in [-0.05, 0) is 44.2 Å². The monoisotopic (exact) mass is 530 g/mol. The number of carbonyl (C=O) groups excluding carboxylic acids is 1. The lowest BCUT2D eigenvalue weighted by Gasteiger charge is -2.33. The maximum atomic E-state index is 12.5. The standard InChI is InChI=1S/C28H34N8O3/c1-3-31-27(37)23-12-25(34-28(33-23)39-17-22-10-20(22)13-29)36-8-4-18(5-9-36)16-38-24-11-21(14-32-26(24)30)19-6-7-35(2)15-19/h6-7,11-12,14-15,18,20,22H,3-5,8-10,16-17H2,1-2H3,(H2,30,32)(H,31,37)/t20-,22+/m0/s1. The van der Waals surface area contributed by atoms with Gasteiger partial charge in [0.25, 0.3) is 5.91 Å². The molecule has 2 aliphatic rings. The fourth-order valence-corrected chi connectivity index (χ4v) is 4.72. The van der Waals surface area contributed by atoms with Crippen molar-refractivity contribution in [1.82, 2.24) is 24.8 Å². The summed E-state index contributed by atoms with van der Waals surface area (Å²) in [6.07, 6.45) is 8.40. The second kappa shape index (κ2) is 11.6. The molecule has 3 aromatic rings. The Labute approximate surface area is 228 Å². The van der Waals surface area contributed by atoms with E-state index in [1.54, 1.807) is 12.3 Å². The van der Waals surface area contributed by atoms with Gasteiger partial charge in [0, 0.05) is 68.4 Å². The first-order valence-electron chi connectivity index (χ1n) is 13.4. The first kappa shape index (κ1) is 26.3. The van der Waals surface area contributed by atoms with Crippen LogP contribution in [0.2, 0.25) is 0 Å². The van der Waals surface area contributed by atoms with Crippen LogP contribution in [0.5, 0.6) is 11.8 Å². The maximum absolute atomic E-state index is 12.5. The van der Waals surface area contributed by atoms with Crippen molar-refractivity contribution in [3.63, 3.8) is 0 Å². The fraction of sp³-hybridized carbons (Fsp3) is 0.464. The minimum absolute atomic E-state index is 0.0317. The summed E-state index contributed by atoms with van der Waals surface area (Å²) in [5.41, 5.74) is 8.40. The average molecular weight is 531 g/mol. The van der Waals surface area contributed by atoms with Gasteiger partial charge >= 0.3 is 6.01 Å². The number of pyridine rings is 1. The molecule has 39 heavy (non-hydrogen) atoms. The molecular formula is C28H34N8O3. The van der Waals surface area contributed by atoms with Gasteiger partial charge in [-0.2, -0.15) is 15.2 Å². The largest absolute Gasteiger partial charge is 0.489 e. The van der Waals surface area contributed by atoms with Gasteiger partial charge in [0.2, 0.25) is 0 Å². The van der Waals surface area contributed by atoms with Crippen molar-refractivity contribution in [2.45, 2.75) is 26.2 Å². The van der Waals surface area contributed by atoms with Crippen molar-refractivity contribution in [1.29, 1.82) is 5.26 Å². The number of nitrogens with one attached hydrogen (secondary N) is 1. The molecule has 1 saturated heterocycles. The Morgan fingerprint density at radius 1 is 1.21 bits per heavy atom. The van der Waals surface area contributed by atoms with E-state index in [1.165, 1.54) is 0 Å². The Morgan fingerprint density at radius 3 is 2.72 bits per heavy atom. The van der Waals surface area contributed by atoms with Crippen molar-refractivity contribution in [3.8, 4) is 29.0 Å². The number of ether oxygens (including phenoxy) is 2. The van der Waals surface area contributed by atoms with E-state index in [1.807, 2.05) is 43.1 Å². The summed E-state index contributed by atoms with van der Waals surface area (Å²) in [6.45, 7) is 4.80. The molecule has 11 heteroatoms. The molecule has 1 saturated carbocycles. The number of rotatable bonds is 10. The fourth-order valence-electron chi connectivity index (χ4n) is 4.72. The molecule has 2 atom stereocenters. The number of nitrogens with two attached hydrogens (primary N) is 1. The van der Waals surface area contributed by atoms with Crippen LogP contribution in [0.25, 0.3) is 11.1 Å². The number of piperidine rings is 1. The molecule has 1 aliphatic heterocycles. The molecule has 1 aliphatic carbocycles. The summed E-state index contributed by atoms with van der Waals surface area (Å²) in [5, 5.41) is 11.8. The second-order valence-corrected chi connectivity index (χ2v) is 10.2. The average Bonchev–Trinajstić information content (AvgIpc) is 3.59. The first-order chi connectivity index (χ1) is 18.9. The van der Waals surface area contributed by atoms with E-state index >= 15 is 0 Å². The zero-order chi connectivity index (χ0) is 27.4. The van der Waals surface area contributed by atoms with Crippen molar-refractivity contribution in [2.75, 3.05) is 43.5 Å². The highest BCUT2D eigenvalue weighted by atomic mass is 16.5. The van der Waals surface area contributed by atoms with Gasteiger partial charge in [-0.25, -0.2) is 4.98 Å². The molecular weight excluding hydrogens is 496 g/mol. The number of nitrogens with zero attached hydrogens (tertiary/aromatic N) is 6. The van der Waals surface area contributed by atoms with Gasteiger partial charge in [-0.3, -0.25) is 4.79 Å². The Bertz CT molecular complexity index is 1360. The lowest BCUT2D eigenvalue weighted by molar-refractivity contribution is 0.0949. The van der Waals surface area contributed by atoms with Crippen LogP contribution in [-0.4, -0.2) is 58.3 Å². The van der Waals surface area contributed by atoms with E-state index in [0.717, 1.165) is 43.5 Å². The Hall–Kier alpha value is -4.33. The van der Waals surface area contributed by atoms with Crippen molar-refractivity contribution in [2.24, 2.45) is 24.8 Å². The molecule has 0 unspecified atom stereocenters. The number of carbonyl (C=O) groups is 1. The predicted molar refractivity (Wildman–Crippen MR) is 146 cm³/mol. The molecule has 1 amide bonds. The topological polar surface area (TPSA) is 144 Å². The second-order valence-electron chi connectivity index (χ2n) is 10.2. The van der Waals surface area contributed by atoms with Crippen LogP contribution in [0.15, 0.2) is 36.8 Å². The van der Waals surface area contributed by atoms with E-state index in [9.17, 15) is 4.79 Å². The lowest BCUT2D eigenvalue weighted by Crippen LogP contribution is -2.36. The number of amides is 1. The predicted octanol–water partition coefficient (Wildman–Crippen LogP) is 3.04. The quantitative estimate of drug-likeness (QED) is 0.404. The van der Waals surface area contributed by atoms with Crippen LogP contribution in [0.4, 0.5) is 11.6 Å². The van der Waals surface area contributed by atoms with E-state index in [4.69, 9.17) is 20.5 Å². The van der Waals surface area contributed by atoms with Gasteiger partial charge < -0.3 is 30.0 Å². The third-order valence-corrected chi connectivity index (χ3v) is 7.24. The first-order valence-corrected chi connectivity index (χ1v) is 13.4. The van der Waals surface area contributed by atoms with Crippen LogP contribution in [0.3, 0.4) is 0 Å². The van der Waals surface area contributed by atoms with Crippen LogP contribution in [0.1, 0.15) is 36.7 Å². The van der Waals surface area contributed by atoms with E-state index in [-0.39, 0.29) is 29.4 Å². The number of aryl methyl sites for hydroxylation is 1. The third kappa shape index (κ3) is 6.39. The van der Waals surface area contributed by atoms with Crippen LogP contribution < -0.4 is 25.4 Å². The molecule has 2 fully saturated rings. The summed E-state index contributed by atoms with van der Waals surface area (Å²) >= 11 is 0. The van der Waals surface area contributed by atoms with Crippen LogP contribution in [-0.2, 0) is 7.05 Å². The normalized spacial score (nSPS) is 18.8. The molecule has 0 spiro atoms. The van der Waals surface area contributed by atoms with Crippen molar-refractivity contribution >= 4 is 17.5 Å². The third-order valence-electron chi connectivity index (χ3n) is 7.24. The van der Waals surface area contributed by atoms with Crippen LogP contribution in [0, 0.1) is 29.1 Å². The molecule has 3 aromatic heterocycles. The molecule has 5 rings (SSSR count). The maximum Gasteiger partial charge on any atom is 0.319 e. The number of hydrogen-bond acceptors (Lipinski definition) is 9. The Morgan fingerprint density at radius 2 is 2.03 bits per heavy atom. The minimum Gasteiger partial charge on any atom is -0.489 e. The number of anilines is 2. The SMILES string of the molecule is CCNC(=O)c1cc(N2CCC(COc3cc(-c4ccn(C)c4)cnc3N)CC2)nc(OC[C@H]2C[C@H]2C#N)n1. The van der Waals surface area contributed by atoms with Crippen molar-refractivity contribution < 1.29 is 14.3 Å². The van der Waals surface area contributed by atoms with Gasteiger partial charge in [0.1, 0.15) is 11.5 Å². The smallest absolute Gasteiger partial charge is 0.319 e. The van der Waals surface area contributed by atoms with E-state index < -0.39 is 0 Å².